The molecule has 1 aromatic rings. The van der Waals surface area contributed by atoms with Gasteiger partial charge in [0.05, 0.1) is 25.5 Å². The molecule has 1 aliphatic heterocycles. The van der Waals surface area contributed by atoms with Crippen LogP contribution in [0.4, 0.5) is 5.88 Å². The first-order valence-corrected chi connectivity index (χ1v) is 5.84. The van der Waals surface area contributed by atoms with Crippen molar-refractivity contribution in [1.82, 2.24) is 10.1 Å². The van der Waals surface area contributed by atoms with Gasteiger partial charge in [-0.25, -0.2) is 0 Å². The van der Waals surface area contributed by atoms with Crippen molar-refractivity contribution in [2.75, 3.05) is 31.6 Å². The topological polar surface area (TPSA) is 105 Å². The van der Waals surface area contributed by atoms with Gasteiger partial charge in [-0.1, -0.05) is 5.16 Å². The Balaban J connectivity index is 1.91. The molecule has 8 nitrogen and oxygen atoms in total. The zero-order chi connectivity index (χ0) is 13.8. The van der Waals surface area contributed by atoms with E-state index < -0.39 is 12.0 Å². The molecule has 1 aromatic heterocycles. The van der Waals surface area contributed by atoms with Gasteiger partial charge in [0.2, 0.25) is 11.8 Å². The number of amides is 1. The van der Waals surface area contributed by atoms with E-state index in [2.05, 4.69) is 10.5 Å². The van der Waals surface area contributed by atoms with Crippen LogP contribution in [-0.4, -0.2) is 59.4 Å². The monoisotopic (exact) mass is 269 g/mol. The number of ether oxygens (including phenoxy) is 1. The van der Waals surface area contributed by atoms with Gasteiger partial charge in [-0.15, -0.1) is 0 Å². The summed E-state index contributed by atoms with van der Waals surface area (Å²) in [6.45, 7) is 2.62. The van der Waals surface area contributed by atoms with E-state index in [4.69, 9.17) is 14.4 Å². The third-order valence-corrected chi connectivity index (χ3v) is 2.76. The van der Waals surface area contributed by atoms with Gasteiger partial charge in [-0.2, -0.15) is 0 Å². The van der Waals surface area contributed by atoms with Gasteiger partial charge in [0.15, 0.2) is 0 Å². The highest BCUT2D eigenvalue weighted by atomic mass is 16.5. The van der Waals surface area contributed by atoms with E-state index in [1.165, 1.54) is 0 Å². The molecule has 2 rings (SSSR count). The van der Waals surface area contributed by atoms with Crippen molar-refractivity contribution in [2.24, 2.45) is 0 Å². The maximum Gasteiger partial charge on any atom is 0.323 e. The Morgan fingerprint density at radius 1 is 1.63 bits per heavy atom. The van der Waals surface area contributed by atoms with E-state index in [0.29, 0.717) is 18.8 Å². The van der Waals surface area contributed by atoms with Crippen molar-refractivity contribution in [2.45, 2.75) is 13.0 Å². The number of carbonyl (C=O) groups excluding carboxylic acids is 1. The summed E-state index contributed by atoms with van der Waals surface area (Å²) in [5.74, 6) is -1.09. The number of aromatic nitrogens is 1. The summed E-state index contributed by atoms with van der Waals surface area (Å²) in [6.07, 6.45) is 0. The molecule has 1 atom stereocenters. The molecule has 1 fully saturated rings. The normalized spacial score (nSPS) is 20.2. The number of aryl methyl sites for hydroxylation is 1. The number of morpholine rings is 1. The predicted octanol–water partition coefficient (Wildman–Crippen LogP) is -0.293. The highest BCUT2D eigenvalue weighted by Gasteiger charge is 2.30. The minimum absolute atomic E-state index is 0.0277. The highest BCUT2D eigenvalue weighted by molar-refractivity contribution is 5.91. The molecular weight excluding hydrogens is 254 g/mol. The molecule has 0 aromatic carbocycles. The van der Waals surface area contributed by atoms with Crippen LogP contribution in [0.15, 0.2) is 10.6 Å². The molecule has 0 bridgehead atoms. The molecule has 1 aliphatic rings. The van der Waals surface area contributed by atoms with Gasteiger partial charge < -0.3 is 14.4 Å². The molecule has 0 spiro atoms. The van der Waals surface area contributed by atoms with Gasteiger partial charge in [0.1, 0.15) is 6.04 Å². The number of aliphatic carboxylic acids is 1. The van der Waals surface area contributed by atoms with Gasteiger partial charge in [0.25, 0.3) is 0 Å². The van der Waals surface area contributed by atoms with Gasteiger partial charge in [0, 0.05) is 12.6 Å². The van der Waals surface area contributed by atoms with Crippen LogP contribution in [0.3, 0.4) is 0 Å². The van der Waals surface area contributed by atoms with Crippen LogP contribution in [-0.2, 0) is 14.3 Å². The molecule has 2 heterocycles. The second-order valence-corrected chi connectivity index (χ2v) is 4.28. The Morgan fingerprint density at radius 2 is 2.42 bits per heavy atom. The largest absolute Gasteiger partial charge is 0.480 e. The van der Waals surface area contributed by atoms with Crippen molar-refractivity contribution in [3.63, 3.8) is 0 Å². The van der Waals surface area contributed by atoms with E-state index in [9.17, 15) is 9.59 Å². The van der Waals surface area contributed by atoms with Crippen molar-refractivity contribution in [3.8, 4) is 0 Å². The van der Waals surface area contributed by atoms with Crippen molar-refractivity contribution in [3.05, 3.63) is 11.8 Å². The molecule has 0 saturated carbocycles. The number of carboxylic acid groups (broad SMARTS) is 1. The van der Waals surface area contributed by atoms with Crippen LogP contribution in [0.1, 0.15) is 5.69 Å². The SMILES string of the molecule is Cc1cc(NC(=O)CN2CCOCC2C(=O)O)on1. The number of rotatable bonds is 4. The number of carbonyl (C=O) groups is 2. The molecule has 1 unspecified atom stereocenters. The molecule has 0 aliphatic carbocycles. The summed E-state index contributed by atoms with van der Waals surface area (Å²) in [6, 6.07) is 0.794. The van der Waals surface area contributed by atoms with Gasteiger partial charge in [-0.05, 0) is 6.92 Å². The van der Waals surface area contributed by atoms with Crippen molar-refractivity contribution >= 4 is 17.8 Å². The Bertz CT molecular complexity index is 473. The molecule has 19 heavy (non-hydrogen) atoms. The molecule has 1 saturated heterocycles. The second-order valence-electron chi connectivity index (χ2n) is 4.28. The zero-order valence-corrected chi connectivity index (χ0v) is 10.5. The fraction of sp³-hybridized carbons (Fsp3) is 0.545. The fourth-order valence-electron chi connectivity index (χ4n) is 1.84. The summed E-state index contributed by atoms with van der Waals surface area (Å²) >= 11 is 0. The smallest absolute Gasteiger partial charge is 0.323 e. The van der Waals surface area contributed by atoms with Gasteiger partial charge in [-0.3, -0.25) is 19.8 Å². The number of nitrogens with zero attached hydrogens (tertiary/aromatic N) is 2. The molecular formula is C11H15N3O5. The van der Waals surface area contributed by atoms with E-state index in [-0.39, 0.29) is 24.9 Å². The Kier molecular flexibility index (Phi) is 4.13. The van der Waals surface area contributed by atoms with Crippen molar-refractivity contribution < 1.29 is 24.0 Å². The van der Waals surface area contributed by atoms with Crippen LogP contribution >= 0.6 is 0 Å². The van der Waals surface area contributed by atoms with E-state index in [0.717, 1.165) is 0 Å². The maximum absolute atomic E-state index is 11.8. The van der Waals surface area contributed by atoms with Crippen LogP contribution < -0.4 is 5.32 Å². The molecule has 2 N–H and O–H groups in total. The summed E-state index contributed by atoms with van der Waals surface area (Å²) in [4.78, 5) is 24.4. The summed E-state index contributed by atoms with van der Waals surface area (Å²) in [5.41, 5.74) is 0.657. The average molecular weight is 269 g/mol. The zero-order valence-electron chi connectivity index (χ0n) is 10.5. The standard InChI is InChI=1S/C11H15N3O5/c1-7-4-10(19-13-7)12-9(15)5-14-2-3-18-6-8(14)11(16)17/h4,8H,2-3,5-6H2,1H3,(H,12,15)(H,16,17). The van der Waals surface area contributed by atoms with Crippen LogP contribution in [0.2, 0.25) is 0 Å². The average Bonchev–Trinajstić information content (AvgIpc) is 2.75. The lowest BCUT2D eigenvalue weighted by molar-refractivity contribution is -0.150. The number of anilines is 1. The van der Waals surface area contributed by atoms with Crippen LogP contribution in [0.5, 0.6) is 0 Å². The molecule has 1 amide bonds. The molecule has 0 radical (unpaired) electrons. The highest BCUT2D eigenvalue weighted by Crippen LogP contribution is 2.10. The quantitative estimate of drug-likeness (QED) is 0.773. The third kappa shape index (κ3) is 3.52. The molecule has 104 valence electrons. The second kappa shape index (κ2) is 5.81. The summed E-state index contributed by atoms with van der Waals surface area (Å²) in [7, 11) is 0. The number of hydrogen-bond donors (Lipinski definition) is 2. The lowest BCUT2D eigenvalue weighted by Gasteiger charge is -2.31. The number of carboxylic acids is 1. The third-order valence-electron chi connectivity index (χ3n) is 2.76. The minimum atomic E-state index is -0.997. The number of hydrogen-bond acceptors (Lipinski definition) is 6. The molecule has 8 heteroatoms. The summed E-state index contributed by atoms with van der Waals surface area (Å²) < 4.78 is 9.95. The lowest BCUT2D eigenvalue weighted by atomic mass is 10.2. The Morgan fingerprint density at radius 3 is 3.05 bits per heavy atom. The summed E-state index contributed by atoms with van der Waals surface area (Å²) in [5, 5.41) is 15.2. The fourth-order valence-corrected chi connectivity index (χ4v) is 1.84. The first kappa shape index (κ1) is 13.5. The Labute approximate surface area is 109 Å². The van der Waals surface area contributed by atoms with Crippen LogP contribution in [0, 0.1) is 6.92 Å². The van der Waals surface area contributed by atoms with Gasteiger partial charge >= 0.3 is 5.97 Å². The first-order valence-electron chi connectivity index (χ1n) is 5.84. The van der Waals surface area contributed by atoms with Crippen LogP contribution in [0.25, 0.3) is 0 Å². The minimum Gasteiger partial charge on any atom is -0.480 e. The van der Waals surface area contributed by atoms with Crippen molar-refractivity contribution in [1.29, 1.82) is 0 Å². The van der Waals surface area contributed by atoms with E-state index in [1.807, 2.05) is 0 Å². The predicted molar refractivity (Wildman–Crippen MR) is 63.7 cm³/mol. The van der Waals surface area contributed by atoms with E-state index in [1.54, 1.807) is 17.9 Å². The lowest BCUT2D eigenvalue weighted by Crippen LogP contribution is -2.52. The van der Waals surface area contributed by atoms with E-state index >= 15 is 0 Å². The maximum atomic E-state index is 11.8. The number of nitrogens with one attached hydrogen (secondary N) is 1. The first-order chi connectivity index (χ1) is 9.06. The Hall–Kier alpha value is -1.93.